The molecule has 6 nitrogen and oxygen atoms in total. The van der Waals surface area contributed by atoms with E-state index in [1.807, 2.05) is 17.0 Å². The van der Waals surface area contributed by atoms with E-state index in [4.69, 9.17) is 4.42 Å². The molecule has 2 amide bonds. The average Bonchev–Trinajstić information content (AvgIpc) is 3.38. The molecule has 1 aromatic carbocycles. The van der Waals surface area contributed by atoms with E-state index < -0.39 is 0 Å². The summed E-state index contributed by atoms with van der Waals surface area (Å²) in [6.07, 6.45) is 6.73. The van der Waals surface area contributed by atoms with Gasteiger partial charge in [0.2, 0.25) is 11.8 Å². The van der Waals surface area contributed by atoms with Crippen molar-refractivity contribution in [1.82, 2.24) is 15.5 Å². The summed E-state index contributed by atoms with van der Waals surface area (Å²) in [6.45, 7) is 2.08. The van der Waals surface area contributed by atoms with Crippen LogP contribution in [0.5, 0.6) is 0 Å². The highest BCUT2D eigenvalue weighted by atomic mass is 16.3. The summed E-state index contributed by atoms with van der Waals surface area (Å²) in [7, 11) is 0. The molecule has 2 N–H and O–H groups in total. The highest BCUT2D eigenvalue weighted by Crippen LogP contribution is 2.43. The van der Waals surface area contributed by atoms with Crippen LogP contribution in [0.2, 0.25) is 0 Å². The first-order chi connectivity index (χ1) is 14.2. The van der Waals surface area contributed by atoms with E-state index in [0.29, 0.717) is 13.1 Å². The molecule has 1 aliphatic heterocycles. The molecule has 29 heavy (non-hydrogen) atoms. The first-order valence-corrected chi connectivity index (χ1v) is 10.5. The van der Waals surface area contributed by atoms with Crippen molar-refractivity contribution in [2.75, 3.05) is 19.6 Å². The zero-order valence-corrected chi connectivity index (χ0v) is 16.7. The van der Waals surface area contributed by atoms with Crippen molar-refractivity contribution in [2.24, 2.45) is 0 Å². The summed E-state index contributed by atoms with van der Waals surface area (Å²) in [5.74, 6) is 0.691. The molecule has 1 aromatic heterocycles. The van der Waals surface area contributed by atoms with Crippen molar-refractivity contribution in [1.29, 1.82) is 0 Å². The van der Waals surface area contributed by atoms with Crippen LogP contribution in [0.1, 0.15) is 43.4 Å². The van der Waals surface area contributed by atoms with Crippen LogP contribution in [0, 0.1) is 0 Å². The third kappa shape index (κ3) is 4.53. The highest BCUT2D eigenvalue weighted by Gasteiger charge is 2.39. The highest BCUT2D eigenvalue weighted by molar-refractivity contribution is 5.84. The van der Waals surface area contributed by atoms with E-state index >= 15 is 0 Å². The second kappa shape index (κ2) is 8.82. The minimum absolute atomic E-state index is 0.00191. The van der Waals surface area contributed by atoms with Gasteiger partial charge in [0.1, 0.15) is 5.76 Å². The predicted molar refractivity (Wildman–Crippen MR) is 110 cm³/mol. The fourth-order valence-corrected chi connectivity index (χ4v) is 4.49. The number of nitrogens with one attached hydrogen (secondary N) is 2. The average molecular weight is 396 g/mol. The Morgan fingerprint density at radius 2 is 1.90 bits per heavy atom. The second-order valence-electron chi connectivity index (χ2n) is 8.20. The molecule has 1 unspecified atom stereocenters. The Bertz CT molecular complexity index is 815. The van der Waals surface area contributed by atoms with E-state index in [2.05, 4.69) is 34.9 Å². The van der Waals surface area contributed by atoms with Crippen LogP contribution in [-0.4, -0.2) is 42.4 Å². The van der Waals surface area contributed by atoms with Gasteiger partial charge in [-0.15, -0.1) is 0 Å². The number of benzene rings is 1. The van der Waals surface area contributed by atoms with Crippen molar-refractivity contribution in [3.63, 3.8) is 0 Å². The molecule has 4 rings (SSSR count). The first-order valence-electron chi connectivity index (χ1n) is 10.5. The number of likely N-dealkylation sites (tertiary alicyclic amines) is 1. The van der Waals surface area contributed by atoms with E-state index in [1.165, 1.54) is 12.0 Å². The van der Waals surface area contributed by atoms with E-state index in [0.717, 1.165) is 38.0 Å². The number of furan rings is 1. The Morgan fingerprint density at radius 3 is 2.59 bits per heavy atom. The normalized spacial score (nSPS) is 20.8. The first kappa shape index (κ1) is 19.7. The molecule has 1 saturated carbocycles. The SMILES string of the molecule is O=C(CN1CCCC1C(=O)NCc1ccco1)NCC1(c2ccccc2)CCC1. The predicted octanol–water partition coefficient (Wildman–Crippen LogP) is 2.60. The van der Waals surface area contributed by atoms with Gasteiger partial charge >= 0.3 is 0 Å². The van der Waals surface area contributed by atoms with Gasteiger partial charge in [-0.05, 0) is 49.9 Å². The molecule has 2 heterocycles. The lowest BCUT2D eigenvalue weighted by Crippen LogP contribution is -2.50. The lowest BCUT2D eigenvalue weighted by Gasteiger charge is -2.42. The second-order valence-corrected chi connectivity index (χ2v) is 8.20. The fourth-order valence-electron chi connectivity index (χ4n) is 4.49. The Labute approximate surface area is 171 Å². The molecule has 0 bridgehead atoms. The largest absolute Gasteiger partial charge is 0.467 e. The molecule has 1 aliphatic carbocycles. The van der Waals surface area contributed by atoms with Crippen molar-refractivity contribution in [3.05, 3.63) is 60.1 Å². The number of hydrogen-bond acceptors (Lipinski definition) is 4. The number of hydrogen-bond donors (Lipinski definition) is 2. The number of carbonyl (C=O) groups excluding carboxylic acids is 2. The van der Waals surface area contributed by atoms with Gasteiger partial charge in [0.05, 0.1) is 25.4 Å². The van der Waals surface area contributed by atoms with Gasteiger partial charge in [0, 0.05) is 12.0 Å². The Kier molecular flexibility index (Phi) is 6.00. The number of rotatable bonds is 8. The smallest absolute Gasteiger partial charge is 0.237 e. The molecule has 0 radical (unpaired) electrons. The van der Waals surface area contributed by atoms with Crippen molar-refractivity contribution in [2.45, 2.75) is 50.1 Å². The summed E-state index contributed by atoms with van der Waals surface area (Å²) < 4.78 is 5.26. The van der Waals surface area contributed by atoms with Crippen LogP contribution in [0.25, 0.3) is 0 Å². The lowest BCUT2D eigenvalue weighted by atomic mass is 9.64. The van der Waals surface area contributed by atoms with Gasteiger partial charge in [-0.2, -0.15) is 0 Å². The molecule has 1 saturated heterocycles. The summed E-state index contributed by atoms with van der Waals surface area (Å²) in [4.78, 5) is 27.2. The number of nitrogens with zero attached hydrogens (tertiary/aromatic N) is 1. The topological polar surface area (TPSA) is 74.6 Å². The van der Waals surface area contributed by atoms with Gasteiger partial charge in [0.15, 0.2) is 0 Å². The summed E-state index contributed by atoms with van der Waals surface area (Å²) >= 11 is 0. The van der Waals surface area contributed by atoms with Crippen molar-refractivity contribution >= 4 is 11.8 Å². The minimum Gasteiger partial charge on any atom is -0.467 e. The molecule has 6 heteroatoms. The molecule has 2 fully saturated rings. The molecule has 2 aliphatic rings. The Hall–Kier alpha value is -2.60. The van der Waals surface area contributed by atoms with Gasteiger partial charge in [-0.1, -0.05) is 36.8 Å². The van der Waals surface area contributed by atoms with Crippen LogP contribution >= 0.6 is 0 Å². The maximum absolute atomic E-state index is 12.6. The molecular formula is C23H29N3O3. The zero-order valence-electron chi connectivity index (χ0n) is 16.7. The van der Waals surface area contributed by atoms with Crippen molar-refractivity contribution < 1.29 is 14.0 Å². The molecular weight excluding hydrogens is 366 g/mol. The van der Waals surface area contributed by atoms with E-state index in [1.54, 1.807) is 12.3 Å². The van der Waals surface area contributed by atoms with Crippen LogP contribution in [0.4, 0.5) is 0 Å². The minimum atomic E-state index is -0.248. The van der Waals surface area contributed by atoms with Crippen LogP contribution < -0.4 is 10.6 Å². The van der Waals surface area contributed by atoms with Crippen LogP contribution in [0.3, 0.4) is 0 Å². The van der Waals surface area contributed by atoms with E-state index in [-0.39, 0.29) is 29.8 Å². The molecule has 0 spiro atoms. The summed E-state index contributed by atoms with van der Waals surface area (Å²) in [5.41, 5.74) is 1.38. The van der Waals surface area contributed by atoms with E-state index in [9.17, 15) is 9.59 Å². The Balaban J connectivity index is 1.28. The van der Waals surface area contributed by atoms with Crippen LogP contribution in [-0.2, 0) is 21.5 Å². The third-order valence-corrected chi connectivity index (χ3v) is 6.35. The molecule has 2 aromatic rings. The summed E-state index contributed by atoms with van der Waals surface area (Å²) in [5, 5.41) is 6.06. The maximum Gasteiger partial charge on any atom is 0.237 e. The number of amides is 2. The van der Waals surface area contributed by atoms with Gasteiger partial charge in [0.25, 0.3) is 0 Å². The quantitative estimate of drug-likeness (QED) is 0.721. The lowest BCUT2D eigenvalue weighted by molar-refractivity contribution is -0.128. The van der Waals surface area contributed by atoms with Crippen molar-refractivity contribution in [3.8, 4) is 0 Å². The van der Waals surface area contributed by atoms with Gasteiger partial charge in [-0.25, -0.2) is 0 Å². The summed E-state index contributed by atoms with van der Waals surface area (Å²) in [6, 6.07) is 13.9. The van der Waals surface area contributed by atoms with Gasteiger partial charge in [-0.3, -0.25) is 14.5 Å². The third-order valence-electron chi connectivity index (χ3n) is 6.35. The van der Waals surface area contributed by atoms with Gasteiger partial charge < -0.3 is 15.1 Å². The number of carbonyl (C=O) groups is 2. The fraction of sp³-hybridized carbons (Fsp3) is 0.478. The standard InChI is InChI=1S/C23H29N3O3/c27-21(25-17-23(11-6-12-23)18-7-2-1-3-8-18)16-26-13-4-10-20(26)22(28)24-15-19-9-5-14-29-19/h1-3,5,7-9,14,20H,4,6,10-13,15-17H2,(H,24,28)(H,25,27). The van der Waals surface area contributed by atoms with Crippen LogP contribution in [0.15, 0.2) is 53.1 Å². The molecule has 154 valence electrons. The Morgan fingerprint density at radius 1 is 1.07 bits per heavy atom. The zero-order chi connectivity index (χ0) is 20.1. The molecule has 1 atom stereocenters. The maximum atomic E-state index is 12.6. The monoisotopic (exact) mass is 395 g/mol.